The molecule has 2 N–H and O–H groups in total. The minimum absolute atomic E-state index is 0.260. The molecule has 7 heteroatoms. The zero-order valence-corrected chi connectivity index (χ0v) is 20.3. The van der Waals surface area contributed by atoms with Gasteiger partial charge >= 0.3 is 0 Å². The first kappa shape index (κ1) is 25.6. The van der Waals surface area contributed by atoms with E-state index in [1.54, 1.807) is 0 Å². The predicted molar refractivity (Wildman–Crippen MR) is 130 cm³/mol. The van der Waals surface area contributed by atoms with Gasteiger partial charge in [-0.05, 0) is 24.0 Å². The fourth-order valence-electron chi connectivity index (χ4n) is 4.25. The Hall–Kier alpha value is -2.06. The highest BCUT2D eigenvalue weighted by molar-refractivity contribution is 7.80. The third kappa shape index (κ3) is 7.21. The molecule has 1 amide bonds. The lowest BCUT2D eigenvalue weighted by Gasteiger charge is -2.39. The Morgan fingerprint density at radius 3 is 2.09 bits per heavy atom. The van der Waals surface area contributed by atoms with E-state index in [0.29, 0.717) is 26.1 Å². The molecule has 1 aliphatic rings. The van der Waals surface area contributed by atoms with E-state index in [2.05, 4.69) is 5.32 Å². The average molecular weight is 474 g/mol. The van der Waals surface area contributed by atoms with Crippen LogP contribution in [0.1, 0.15) is 57.1 Å². The molecule has 2 aromatic rings. The maximum Gasteiger partial charge on any atom is 0.251 e. The van der Waals surface area contributed by atoms with E-state index in [1.807, 2.05) is 74.5 Å². The summed E-state index contributed by atoms with van der Waals surface area (Å²) in [4.78, 5) is 12.4. The molecule has 0 aliphatic heterocycles. The molecule has 6 nitrogen and oxygen atoms in total. The fourth-order valence-corrected chi connectivity index (χ4v) is 5.07. The van der Waals surface area contributed by atoms with E-state index in [9.17, 15) is 13.6 Å². The summed E-state index contributed by atoms with van der Waals surface area (Å²) >= 11 is -2.16. The number of carbonyl (C=O) groups is 1. The lowest BCUT2D eigenvalue weighted by atomic mass is 9.85. The van der Waals surface area contributed by atoms with Crippen molar-refractivity contribution >= 4 is 17.0 Å². The predicted octanol–water partition coefficient (Wildman–Crippen LogP) is 4.81. The molecule has 33 heavy (non-hydrogen) atoms. The van der Waals surface area contributed by atoms with Gasteiger partial charge in [-0.1, -0.05) is 93.8 Å². The molecule has 0 heterocycles. The highest BCUT2D eigenvalue weighted by Crippen LogP contribution is 2.32. The lowest BCUT2D eigenvalue weighted by Crippen LogP contribution is -2.58. The highest BCUT2D eigenvalue weighted by atomic mass is 32.2. The second-order valence-electron chi connectivity index (χ2n) is 9.44. The Kier molecular flexibility index (Phi) is 9.20. The van der Waals surface area contributed by atoms with Gasteiger partial charge in [-0.25, -0.2) is 4.21 Å². The van der Waals surface area contributed by atoms with Crippen LogP contribution in [0.15, 0.2) is 60.7 Å². The first-order valence-electron chi connectivity index (χ1n) is 11.5. The van der Waals surface area contributed by atoms with Gasteiger partial charge in [0.2, 0.25) is 0 Å². The van der Waals surface area contributed by atoms with E-state index in [1.165, 1.54) is 0 Å². The zero-order valence-electron chi connectivity index (χ0n) is 19.5. The number of carbonyl (C=O) groups excluding carboxylic acids is 1. The van der Waals surface area contributed by atoms with Crippen molar-refractivity contribution in [3.8, 4) is 0 Å². The monoisotopic (exact) mass is 473 g/mol. The molecule has 0 bridgehead atoms. The zero-order chi connectivity index (χ0) is 23.7. The van der Waals surface area contributed by atoms with Gasteiger partial charge in [0.1, 0.15) is 11.0 Å². The van der Waals surface area contributed by atoms with Crippen LogP contribution in [-0.4, -0.2) is 32.3 Å². The molecule has 1 fully saturated rings. The Labute approximate surface area is 199 Å². The number of amides is 1. The molecule has 180 valence electrons. The van der Waals surface area contributed by atoms with Crippen LogP contribution in [0.4, 0.5) is 0 Å². The topological polar surface area (TPSA) is 84.9 Å². The van der Waals surface area contributed by atoms with Crippen molar-refractivity contribution in [2.75, 3.05) is 6.61 Å². The summed E-state index contributed by atoms with van der Waals surface area (Å²) in [5.41, 5.74) is 1.34. The number of rotatable bonds is 11. The summed E-state index contributed by atoms with van der Waals surface area (Å²) in [6.45, 7) is 4.84. The molecule has 0 saturated heterocycles. The van der Waals surface area contributed by atoms with Crippen LogP contribution >= 0.6 is 0 Å². The quantitative estimate of drug-likeness (QED) is 0.458. The normalized spacial score (nSPS) is 17.8. The van der Waals surface area contributed by atoms with Crippen molar-refractivity contribution in [3.05, 3.63) is 71.8 Å². The maximum atomic E-state index is 13.5. The van der Waals surface area contributed by atoms with Crippen LogP contribution in [0.25, 0.3) is 0 Å². The molecular formula is C26H35NO5S. The van der Waals surface area contributed by atoms with Crippen molar-refractivity contribution in [1.29, 1.82) is 0 Å². The number of nitrogens with one attached hydrogen (secondary N) is 1. The summed E-state index contributed by atoms with van der Waals surface area (Å²) in [6, 6.07) is 19.5. The number of benzene rings is 2. The van der Waals surface area contributed by atoms with E-state index < -0.39 is 27.5 Å². The van der Waals surface area contributed by atoms with Gasteiger partial charge in [0.15, 0.2) is 11.1 Å². The molecule has 2 atom stereocenters. The molecule has 0 radical (unpaired) electrons. The van der Waals surface area contributed by atoms with E-state index in [-0.39, 0.29) is 12.5 Å². The van der Waals surface area contributed by atoms with Crippen LogP contribution in [0.5, 0.6) is 0 Å². The van der Waals surface area contributed by atoms with Crippen molar-refractivity contribution in [2.24, 2.45) is 5.41 Å². The standard InChI is InChI=1S/C26H35NO5S/c1-25(2,20-31-18-21-12-6-3-7-13-21)23(32-19-22-14-8-4-9-15-22)24(28)27-26(33(29)30)16-10-5-11-17-26/h3-4,6-9,12-15,23H,5,10-11,16-20H2,1-2H3,(H,27,28)(H,29,30). The summed E-state index contributed by atoms with van der Waals surface area (Å²) in [7, 11) is 0. The second kappa shape index (κ2) is 11.9. The maximum absolute atomic E-state index is 13.5. The van der Waals surface area contributed by atoms with Crippen molar-refractivity contribution in [3.63, 3.8) is 0 Å². The molecule has 0 spiro atoms. The van der Waals surface area contributed by atoms with Crippen LogP contribution in [0.2, 0.25) is 0 Å². The number of ether oxygens (including phenoxy) is 2. The van der Waals surface area contributed by atoms with Crippen LogP contribution in [0.3, 0.4) is 0 Å². The SMILES string of the molecule is CC(C)(COCc1ccccc1)C(OCc1ccccc1)C(=O)NC1(S(=O)O)CCCCC1. The summed E-state index contributed by atoms with van der Waals surface area (Å²) in [6.07, 6.45) is 2.74. The van der Waals surface area contributed by atoms with E-state index in [4.69, 9.17) is 9.47 Å². The van der Waals surface area contributed by atoms with Crippen molar-refractivity contribution < 1.29 is 23.0 Å². The fraction of sp³-hybridized carbons (Fsp3) is 0.500. The van der Waals surface area contributed by atoms with E-state index in [0.717, 1.165) is 30.4 Å². The van der Waals surface area contributed by atoms with Gasteiger partial charge in [0.25, 0.3) is 5.91 Å². The van der Waals surface area contributed by atoms with Crippen molar-refractivity contribution in [2.45, 2.75) is 70.1 Å². The minimum atomic E-state index is -2.16. The Bertz CT molecular complexity index is 897. The molecule has 1 saturated carbocycles. The molecule has 3 rings (SSSR count). The van der Waals surface area contributed by atoms with Crippen LogP contribution in [0, 0.1) is 5.41 Å². The molecule has 0 aromatic heterocycles. The Morgan fingerprint density at radius 2 is 1.55 bits per heavy atom. The summed E-state index contributed by atoms with van der Waals surface area (Å²) in [5, 5.41) is 2.91. The number of hydrogen-bond donors (Lipinski definition) is 2. The molecule has 2 aromatic carbocycles. The second-order valence-corrected chi connectivity index (χ2v) is 10.7. The Balaban J connectivity index is 1.73. The minimum Gasteiger partial charge on any atom is -0.376 e. The number of hydrogen-bond acceptors (Lipinski definition) is 4. The smallest absolute Gasteiger partial charge is 0.251 e. The van der Waals surface area contributed by atoms with E-state index >= 15 is 0 Å². The lowest BCUT2D eigenvalue weighted by molar-refractivity contribution is -0.148. The molecule has 1 aliphatic carbocycles. The average Bonchev–Trinajstić information content (AvgIpc) is 2.81. The van der Waals surface area contributed by atoms with Crippen LogP contribution < -0.4 is 5.32 Å². The van der Waals surface area contributed by atoms with Crippen molar-refractivity contribution in [1.82, 2.24) is 5.32 Å². The molecular weight excluding hydrogens is 438 g/mol. The highest BCUT2D eigenvalue weighted by Gasteiger charge is 2.44. The van der Waals surface area contributed by atoms with Gasteiger partial charge in [-0.15, -0.1) is 0 Å². The molecule has 2 unspecified atom stereocenters. The first-order valence-corrected chi connectivity index (χ1v) is 12.6. The first-order chi connectivity index (χ1) is 15.8. The third-order valence-electron chi connectivity index (χ3n) is 6.14. The summed E-state index contributed by atoms with van der Waals surface area (Å²) < 4.78 is 34.4. The van der Waals surface area contributed by atoms with Gasteiger partial charge in [0.05, 0.1) is 19.8 Å². The third-order valence-corrected chi connectivity index (χ3v) is 7.32. The van der Waals surface area contributed by atoms with Gasteiger partial charge in [0, 0.05) is 5.41 Å². The van der Waals surface area contributed by atoms with Gasteiger partial charge < -0.3 is 19.3 Å². The van der Waals surface area contributed by atoms with Gasteiger partial charge in [-0.2, -0.15) is 0 Å². The Morgan fingerprint density at radius 1 is 1.00 bits per heavy atom. The largest absolute Gasteiger partial charge is 0.376 e. The van der Waals surface area contributed by atoms with Gasteiger partial charge in [-0.3, -0.25) is 4.79 Å². The summed E-state index contributed by atoms with van der Waals surface area (Å²) in [5.74, 6) is -0.372. The van der Waals surface area contributed by atoms with Crippen LogP contribution in [-0.2, 0) is 38.6 Å².